The summed E-state index contributed by atoms with van der Waals surface area (Å²) < 4.78 is 7.24. The topological polar surface area (TPSA) is 48.3 Å². The number of ketones is 1. The molecule has 1 aromatic heterocycles. The van der Waals surface area contributed by atoms with Gasteiger partial charge in [-0.25, -0.2) is 4.79 Å². The third-order valence-electron chi connectivity index (χ3n) is 4.12. The summed E-state index contributed by atoms with van der Waals surface area (Å²) in [6, 6.07) is 11.2. The molecule has 1 aliphatic rings. The van der Waals surface area contributed by atoms with Gasteiger partial charge in [0.15, 0.2) is 0 Å². The second-order valence-corrected chi connectivity index (χ2v) is 6.13. The molecule has 2 heterocycles. The second-order valence-electron chi connectivity index (χ2n) is 6.13. The summed E-state index contributed by atoms with van der Waals surface area (Å²) in [5, 5.41) is 0. The van der Waals surface area contributed by atoms with Crippen LogP contribution in [0.5, 0.6) is 0 Å². The molecule has 0 spiro atoms. The standard InChI is InChI=1S/C20H21NO3/c1-4-14-12-17-16(20(23)24-13(2)3)10-11-21(17)18(14)19(22)15-8-6-5-7-9-15/h5-10,12-13H,4,11H2,1-3H3. The number of aromatic nitrogens is 1. The van der Waals surface area contributed by atoms with Crippen LogP contribution in [0.3, 0.4) is 0 Å². The number of hydrogen-bond acceptors (Lipinski definition) is 3. The van der Waals surface area contributed by atoms with Crippen molar-refractivity contribution in [2.45, 2.75) is 39.8 Å². The molecule has 4 heteroatoms. The zero-order chi connectivity index (χ0) is 17.3. The Morgan fingerprint density at radius 3 is 2.54 bits per heavy atom. The Labute approximate surface area is 141 Å². The van der Waals surface area contributed by atoms with Crippen LogP contribution in [0.4, 0.5) is 0 Å². The lowest BCUT2D eigenvalue weighted by atomic mass is 10.0. The summed E-state index contributed by atoms with van der Waals surface area (Å²) >= 11 is 0. The average molecular weight is 323 g/mol. The summed E-state index contributed by atoms with van der Waals surface area (Å²) in [6.07, 6.45) is 2.40. The Morgan fingerprint density at radius 2 is 1.92 bits per heavy atom. The third-order valence-corrected chi connectivity index (χ3v) is 4.12. The van der Waals surface area contributed by atoms with E-state index in [1.165, 1.54) is 0 Å². The maximum Gasteiger partial charge on any atom is 0.340 e. The molecule has 4 nitrogen and oxygen atoms in total. The Bertz CT molecular complexity index is 813. The number of carbonyl (C=O) groups is 2. The molecule has 0 unspecified atom stereocenters. The number of aryl methyl sites for hydroxylation is 1. The molecule has 0 saturated carbocycles. The lowest BCUT2D eigenvalue weighted by Gasteiger charge is -2.09. The lowest BCUT2D eigenvalue weighted by molar-refractivity contribution is -0.140. The average Bonchev–Trinajstić information content (AvgIpc) is 3.12. The zero-order valence-corrected chi connectivity index (χ0v) is 14.2. The number of benzene rings is 1. The number of esters is 1. The van der Waals surface area contributed by atoms with E-state index in [1.54, 1.807) is 0 Å². The largest absolute Gasteiger partial charge is 0.459 e. The number of nitrogens with zero attached hydrogens (tertiary/aromatic N) is 1. The third kappa shape index (κ3) is 2.80. The van der Waals surface area contributed by atoms with E-state index in [2.05, 4.69) is 0 Å². The van der Waals surface area contributed by atoms with E-state index in [0.717, 1.165) is 17.7 Å². The van der Waals surface area contributed by atoms with Crippen LogP contribution in [0, 0.1) is 0 Å². The first-order valence-corrected chi connectivity index (χ1v) is 8.26. The van der Waals surface area contributed by atoms with Gasteiger partial charge in [0, 0.05) is 12.1 Å². The molecule has 0 bridgehead atoms. The normalized spacial score (nSPS) is 12.9. The van der Waals surface area contributed by atoms with E-state index >= 15 is 0 Å². The van der Waals surface area contributed by atoms with Crippen molar-refractivity contribution in [1.82, 2.24) is 4.57 Å². The van der Waals surface area contributed by atoms with Gasteiger partial charge in [0.05, 0.1) is 23.1 Å². The summed E-state index contributed by atoms with van der Waals surface area (Å²) in [4.78, 5) is 25.2. The van der Waals surface area contributed by atoms with Crippen LogP contribution in [0.2, 0.25) is 0 Å². The van der Waals surface area contributed by atoms with E-state index < -0.39 is 0 Å². The van der Waals surface area contributed by atoms with Crippen molar-refractivity contribution in [3.63, 3.8) is 0 Å². The molecule has 1 aliphatic heterocycles. The van der Waals surface area contributed by atoms with Crippen LogP contribution < -0.4 is 0 Å². The summed E-state index contributed by atoms with van der Waals surface area (Å²) in [5.74, 6) is -0.340. The van der Waals surface area contributed by atoms with Gasteiger partial charge >= 0.3 is 5.97 Å². The number of carbonyl (C=O) groups excluding carboxylic acids is 2. The molecular weight excluding hydrogens is 302 g/mol. The van der Waals surface area contributed by atoms with Crippen LogP contribution in [-0.2, 0) is 22.5 Å². The van der Waals surface area contributed by atoms with Crippen LogP contribution in [-0.4, -0.2) is 22.4 Å². The molecule has 0 N–H and O–H groups in total. The first-order valence-electron chi connectivity index (χ1n) is 8.26. The van der Waals surface area contributed by atoms with Gasteiger partial charge in [-0.15, -0.1) is 0 Å². The second kappa shape index (κ2) is 6.48. The van der Waals surface area contributed by atoms with E-state index in [9.17, 15) is 9.59 Å². The highest BCUT2D eigenvalue weighted by molar-refractivity contribution is 6.18. The molecule has 3 rings (SSSR count). The van der Waals surface area contributed by atoms with Gasteiger partial charge in [-0.05, 0) is 38.0 Å². The van der Waals surface area contributed by atoms with Gasteiger partial charge in [-0.2, -0.15) is 0 Å². The van der Waals surface area contributed by atoms with Gasteiger partial charge in [0.1, 0.15) is 0 Å². The highest BCUT2D eigenvalue weighted by Gasteiger charge is 2.29. The molecule has 124 valence electrons. The van der Waals surface area contributed by atoms with Crippen LogP contribution >= 0.6 is 0 Å². The van der Waals surface area contributed by atoms with Crippen molar-refractivity contribution in [3.8, 4) is 0 Å². The lowest BCUT2D eigenvalue weighted by Crippen LogP contribution is -2.13. The van der Waals surface area contributed by atoms with Crippen LogP contribution in [0.15, 0.2) is 42.5 Å². The maximum absolute atomic E-state index is 12.9. The van der Waals surface area contributed by atoms with Crippen molar-refractivity contribution in [2.75, 3.05) is 0 Å². The molecule has 2 aromatic rings. The number of ether oxygens (including phenoxy) is 1. The number of fused-ring (bicyclic) bond motifs is 1. The summed E-state index contributed by atoms with van der Waals surface area (Å²) in [5.41, 5.74) is 3.61. The predicted molar refractivity (Wildman–Crippen MR) is 92.9 cm³/mol. The Hall–Kier alpha value is -2.62. The Morgan fingerprint density at radius 1 is 1.21 bits per heavy atom. The molecule has 0 radical (unpaired) electrons. The Balaban J connectivity index is 2.00. The van der Waals surface area contributed by atoms with Crippen molar-refractivity contribution in [1.29, 1.82) is 0 Å². The van der Waals surface area contributed by atoms with E-state index in [-0.39, 0.29) is 17.9 Å². The van der Waals surface area contributed by atoms with Gasteiger partial charge in [-0.3, -0.25) is 4.79 Å². The predicted octanol–water partition coefficient (Wildman–Crippen LogP) is 3.63. The molecule has 0 saturated heterocycles. The van der Waals surface area contributed by atoms with Gasteiger partial charge in [0.25, 0.3) is 0 Å². The van der Waals surface area contributed by atoms with Crippen molar-refractivity contribution in [3.05, 3.63) is 65.0 Å². The van der Waals surface area contributed by atoms with Crippen LogP contribution in [0.25, 0.3) is 5.57 Å². The molecule has 0 fully saturated rings. The highest BCUT2D eigenvalue weighted by Crippen LogP contribution is 2.31. The molecule has 0 amide bonds. The first-order chi connectivity index (χ1) is 11.5. The molecule has 24 heavy (non-hydrogen) atoms. The maximum atomic E-state index is 12.9. The first kappa shape index (κ1) is 16.2. The van der Waals surface area contributed by atoms with Gasteiger partial charge in [0.2, 0.25) is 5.78 Å². The van der Waals surface area contributed by atoms with E-state index in [4.69, 9.17) is 4.74 Å². The fourth-order valence-corrected chi connectivity index (χ4v) is 3.03. The summed E-state index contributed by atoms with van der Waals surface area (Å²) in [7, 11) is 0. The minimum atomic E-state index is -0.331. The Kier molecular flexibility index (Phi) is 4.38. The number of rotatable bonds is 5. The minimum Gasteiger partial charge on any atom is -0.459 e. The monoisotopic (exact) mass is 323 g/mol. The number of allylic oxidation sites excluding steroid dienone is 1. The molecular formula is C20H21NO3. The molecule has 1 aromatic carbocycles. The number of hydrogen-bond donors (Lipinski definition) is 0. The molecule has 0 aliphatic carbocycles. The van der Waals surface area contributed by atoms with Crippen molar-refractivity contribution >= 4 is 17.3 Å². The highest BCUT2D eigenvalue weighted by atomic mass is 16.5. The van der Waals surface area contributed by atoms with Gasteiger partial charge < -0.3 is 9.30 Å². The SMILES string of the molecule is CCc1cc2n(c1C(=O)c1ccccc1)CC=C2C(=O)OC(C)C. The van der Waals surface area contributed by atoms with Gasteiger partial charge in [-0.1, -0.05) is 37.3 Å². The minimum absolute atomic E-state index is 0.00873. The van der Waals surface area contributed by atoms with E-state index in [0.29, 0.717) is 23.4 Å². The van der Waals surface area contributed by atoms with Crippen molar-refractivity contribution < 1.29 is 14.3 Å². The van der Waals surface area contributed by atoms with E-state index in [1.807, 2.05) is 67.8 Å². The fraction of sp³-hybridized carbons (Fsp3) is 0.300. The summed E-state index contributed by atoms with van der Waals surface area (Å²) in [6.45, 7) is 6.19. The van der Waals surface area contributed by atoms with Crippen molar-refractivity contribution in [2.24, 2.45) is 0 Å². The van der Waals surface area contributed by atoms with Crippen LogP contribution in [0.1, 0.15) is 48.1 Å². The molecule has 0 atom stereocenters. The zero-order valence-electron chi connectivity index (χ0n) is 14.2. The quantitative estimate of drug-likeness (QED) is 0.623. The fourth-order valence-electron chi connectivity index (χ4n) is 3.03. The smallest absolute Gasteiger partial charge is 0.340 e.